The molecule has 1 aliphatic rings. The molecule has 0 heterocycles. The van der Waals surface area contributed by atoms with Gasteiger partial charge in [0, 0.05) is 11.5 Å². The first kappa shape index (κ1) is 15.6. The Morgan fingerprint density at radius 3 is 2.11 bits per heavy atom. The highest BCUT2D eigenvalue weighted by atomic mass is 16.3. The topological polar surface area (TPSA) is 44.0 Å². The fourth-order valence-corrected chi connectivity index (χ4v) is 3.47. The molecule has 0 bridgehead atoms. The van der Waals surface area contributed by atoms with Crippen molar-refractivity contribution < 1.29 is 5.11 Å². The molecule has 2 nitrogen and oxygen atoms in total. The Balaban J connectivity index is 3.38. The number of nitriles is 1. The third kappa shape index (κ3) is 2.61. The SMILES string of the molecule is CC(C)(C)C1(C(C)(C)C)CC(/C=C/C#N)=CC=C1O. The summed E-state index contributed by atoms with van der Waals surface area (Å²) in [5.74, 6) is 0.446. The molecule has 2 heteroatoms. The Hall–Kier alpha value is -1.49. The largest absolute Gasteiger partial charge is 0.512 e. The maximum Gasteiger partial charge on any atom is 0.0998 e. The second-order valence-electron chi connectivity index (χ2n) is 7.34. The quantitative estimate of drug-likeness (QED) is 0.679. The summed E-state index contributed by atoms with van der Waals surface area (Å²) >= 11 is 0. The molecule has 0 aromatic carbocycles. The summed E-state index contributed by atoms with van der Waals surface area (Å²) in [6.07, 6.45) is 7.78. The van der Waals surface area contributed by atoms with Crippen molar-refractivity contribution in [2.75, 3.05) is 0 Å². The number of hydrogen-bond donors (Lipinski definition) is 1. The minimum Gasteiger partial charge on any atom is -0.512 e. The van der Waals surface area contributed by atoms with Crippen molar-refractivity contribution in [2.45, 2.75) is 48.0 Å². The molecule has 0 spiro atoms. The number of rotatable bonds is 1. The zero-order valence-electron chi connectivity index (χ0n) is 12.9. The minimum atomic E-state index is -0.329. The normalized spacial score (nSPS) is 19.8. The van der Waals surface area contributed by atoms with Gasteiger partial charge >= 0.3 is 0 Å². The standard InChI is InChI=1S/C17H25NO/c1-15(2,3)17(16(4,5)6)12-13(8-7-11-18)9-10-14(17)19/h7-10,19H,12H2,1-6H3/b8-7+. The molecule has 0 amide bonds. The number of aliphatic hydroxyl groups is 1. The van der Waals surface area contributed by atoms with Gasteiger partial charge < -0.3 is 5.11 Å². The highest BCUT2D eigenvalue weighted by molar-refractivity contribution is 5.37. The van der Waals surface area contributed by atoms with Crippen LogP contribution in [-0.4, -0.2) is 5.11 Å². The second-order valence-corrected chi connectivity index (χ2v) is 7.34. The van der Waals surface area contributed by atoms with Gasteiger partial charge in [0.2, 0.25) is 0 Å². The Bertz CT molecular complexity index is 459. The molecular weight excluding hydrogens is 234 g/mol. The lowest BCUT2D eigenvalue weighted by Gasteiger charge is -2.54. The van der Waals surface area contributed by atoms with E-state index in [0.29, 0.717) is 5.76 Å². The van der Waals surface area contributed by atoms with Gasteiger partial charge in [0.15, 0.2) is 0 Å². The molecule has 104 valence electrons. The molecule has 0 saturated heterocycles. The van der Waals surface area contributed by atoms with Gasteiger partial charge in [-0.05, 0) is 35.0 Å². The van der Waals surface area contributed by atoms with Gasteiger partial charge in [-0.25, -0.2) is 0 Å². The molecule has 1 aliphatic carbocycles. The van der Waals surface area contributed by atoms with Gasteiger partial charge in [-0.1, -0.05) is 47.6 Å². The van der Waals surface area contributed by atoms with Crippen LogP contribution in [0, 0.1) is 27.6 Å². The summed E-state index contributed by atoms with van der Waals surface area (Å²) in [5, 5.41) is 19.2. The van der Waals surface area contributed by atoms with Crippen LogP contribution >= 0.6 is 0 Å². The Morgan fingerprint density at radius 2 is 1.68 bits per heavy atom. The van der Waals surface area contributed by atoms with Crippen molar-refractivity contribution in [3.63, 3.8) is 0 Å². The Labute approximate surface area is 117 Å². The van der Waals surface area contributed by atoms with Crippen LogP contribution in [-0.2, 0) is 0 Å². The van der Waals surface area contributed by atoms with Gasteiger partial charge in [-0.15, -0.1) is 0 Å². The van der Waals surface area contributed by atoms with Gasteiger partial charge in [0.05, 0.1) is 11.8 Å². The van der Waals surface area contributed by atoms with Crippen molar-refractivity contribution in [1.29, 1.82) is 5.26 Å². The summed E-state index contributed by atoms with van der Waals surface area (Å²) in [5.41, 5.74) is 0.603. The summed E-state index contributed by atoms with van der Waals surface area (Å²) in [7, 11) is 0. The van der Waals surface area contributed by atoms with E-state index < -0.39 is 0 Å². The van der Waals surface area contributed by atoms with Crippen molar-refractivity contribution >= 4 is 0 Å². The zero-order valence-corrected chi connectivity index (χ0v) is 12.9. The summed E-state index contributed by atoms with van der Waals surface area (Å²) < 4.78 is 0. The van der Waals surface area contributed by atoms with E-state index in [1.165, 1.54) is 6.08 Å². The molecular formula is C17H25NO. The molecule has 0 aliphatic heterocycles. The van der Waals surface area contributed by atoms with Crippen molar-refractivity contribution in [3.05, 3.63) is 35.6 Å². The van der Waals surface area contributed by atoms with E-state index in [1.54, 1.807) is 6.08 Å². The smallest absolute Gasteiger partial charge is 0.0998 e. The molecule has 0 unspecified atom stereocenters. The van der Waals surface area contributed by atoms with Crippen LogP contribution in [0.2, 0.25) is 0 Å². The second kappa shape index (κ2) is 4.89. The van der Waals surface area contributed by atoms with Gasteiger partial charge in [-0.2, -0.15) is 5.26 Å². The van der Waals surface area contributed by atoms with Crippen molar-refractivity contribution in [1.82, 2.24) is 0 Å². The van der Waals surface area contributed by atoms with Crippen LogP contribution in [0.15, 0.2) is 35.6 Å². The van der Waals surface area contributed by atoms with Crippen LogP contribution in [0.3, 0.4) is 0 Å². The van der Waals surface area contributed by atoms with E-state index in [2.05, 4.69) is 41.5 Å². The number of aliphatic hydroxyl groups excluding tert-OH is 1. The zero-order chi connectivity index (χ0) is 14.9. The Kier molecular flexibility index (Phi) is 4.00. The number of nitrogens with zero attached hydrogens (tertiary/aromatic N) is 1. The highest BCUT2D eigenvalue weighted by Gasteiger charge is 2.54. The van der Waals surface area contributed by atoms with Crippen LogP contribution in [0.4, 0.5) is 0 Å². The average molecular weight is 259 g/mol. The molecule has 19 heavy (non-hydrogen) atoms. The third-order valence-electron chi connectivity index (χ3n) is 4.29. The molecule has 0 aromatic rings. The predicted octanol–water partition coefficient (Wildman–Crippen LogP) is 4.92. The summed E-state index contributed by atoms with van der Waals surface area (Å²) in [4.78, 5) is 0. The molecule has 1 N–H and O–H groups in total. The van der Waals surface area contributed by atoms with Gasteiger partial charge in [0.25, 0.3) is 0 Å². The van der Waals surface area contributed by atoms with Crippen LogP contribution in [0.1, 0.15) is 48.0 Å². The Morgan fingerprint density at radius 1 is 1.16 bits per heavy atom. The van der Waals surface area contributed by atoms with Gasteiger partial charge in [-0.3, -0.25) is 0 Å². The highest BCUT2D eigenvalue weighted by Crippen LogP contribution is 2.60. The fourth-order valence-electron chi connectivity index (χ4n) is 3.47. The third-order valence-corrected chi connectivity index (χ3v) is 4.29. The van der Waals surface area contributed by atoms with E-state index in [1.807, 2.05) is 18.2 Å². The van der Waals surface area contributed by atoms with Gasteiger partial charge in [0.1, 0.15) is 0 Å². The molecule has 0 atom stereocenters. The first-order chi connectivity index (χ1) is 8.56. The lowest BCUT2D eigenvalue weighted by molar-refractivity contribution is -0.0312. The predicted molar refractivity (Wildman–Crippen MR) is 79.5 cm³/mol. The average Bonchev–Trinajstić information content (AvgIpc) is 2.24. The first-order valence-electron chi connectivity index (χ1n) is 6.73. The molecule has 0 fully saturated rings. The van der Waals surface area contributed by atoms with E-state index in [4.69, 9.17) is 5.26 Å². The minimum absolute atomic E-state index is 0.0776. The summed E-state index contributed by atoms with van der Waals surface area (Å²) in [6, 6.07) is 2.03. The van der Waals surface area contributed by atoms with Crippen molar-refractivity contribution in [3.8, 4) is 6.07 Å². The van der Waals surface area contributed by atoms with E-state index in [9.17, 15) is 5.11 Å². The lowest BCUT2D eigenvalue weighted by Crippen LogP contribution is -2.48. The molecule has 0 aromatic heterocycles. The maximum atomic E-state index is 10.6. The number of hydrogen-bond acceptors (Lipinski definition) is 2. The first-order valence-corrected chi connectivity index (χ1v) is 6.73. The van der Waals surface area contributed by atoms with Crippen LogP contribution < -0.4 is 0 Å². The van der Waals surface area contributed by atoms with E-state index >= 15 is 0 Å². The van der Waals surface area contributed by atoms with E-state index in [-0.39, 0.29) is 16.2 Å². The lowest BCUT2D eigenvalue weighted by atomic mass is 9.50. The fraction of sp³-hybridized carbons (Fsp3) is 0.588. The molecule has 1 rings (SSSR count). The van der Waals surface area contributed by atoms with Crippen LogP contribution in [0.5, 0.6) is 0 Å². The summed E-state index contributed by atoms with van der Waals surface area (Å²) in [6.45, 7) is 13.0. The van der Waals surface area contributed by atoms with Crippen molar-refractivity contribution in [2.24, 2.45) is 16.2 Å². The number of allylic oxidation sites excluding steroid dienone is 6. The van der Waals surface area contributed by atoms with E-state index in [0.717, 1.165) is 12.0 Å². The molecule has 0 saturated carbocycles. The maximum absolute atomic E-state index is 10.6. The monoisotopic (exact) mass is 259 g/mol. The molecule has 0 radical (unpaired) electrons. The van der Waals surface area contributed by atoms with Crippen LogP contribution in [0.25, 0.3) is 0 Å².